The quantitative estimate of drug-likeness (QED) is 0.657. The van der Waals surface area contributed by atoms with Crippen molar-refractivity contribution in [3.63, 3.8) is 0 Å². The number of hydrogen-bond donors (Lipinski definition) is 0. The summed E-state index contributed by atoms with van der Waals surface area (Å²) in [6.07, 6.45) is 5.35. The summed E-state index contributed by atoms with van der Waals surface area (Å²) in [6.45, 7) is 11.3. The summed E-state index contributed by atoms with van der Waals surface area (Å²) in [5, 5.41) is 0. The molecule has 0 saturated carbocycles. The molecule has 1 heterocycles. The minimum Gasteiger partial charge on any atom is -0.200 e. The van der Waals surface area contributed by atoms with Gasteiger partial charge in [0.2, 0.25) is 0 Å². The van der Waals surface area contributed by atoms with Gasteiger partial charge in [-0.2, -0.15) is 4.37 Å². The predicted molar refractivity (Wildman–Crippen MR) is 53.6 cm³/mol. The third-order valence-electron chi connectivity index (χ3n) is 1.03. The van der Waals surface area contributed by atoms with E-state index in [1.165, 1.54) is 11.5 Å². The Morgan fingerprint density at radius 2 is 2.00 bits per heavy atom. The molecule has 1 rings (SSSR count). The maximum atomic E-state index is 3.96. The molecule has 0 saturated heterocycles. The second-order valence-corrected chi connectivity index (χ2v) is 2.39. The van der Waals surface area contributed by atoms with Gasteiger partial charge in [-0.05, 0) is 17.6 Å². The molecule has 0 amide bonds. The highest BCUT2D eigenvalue weighted by Gasteiger charge is 1.94. The van der Waals surface area contributed by atoms with Crippen molar-refractivity contribution in [3.05, 3.63) is 29.8 Å². The smallest absolute Gasteiger partial charge is 0.0543 e. The lowest BCUT2D eigenvalue weighted by molar-refractivity contribution is 1.50. The molecule has 0 aliphatic carbocycles. The van der Waals surface area contributed by atoms with E-state index in [0.717, 1.165) is 10.4 Å². The van der Waals surface area contributed by atoms with E-state index in [2.05, 4.69) is 17.5 Å². The van der Waals surface area contributed by atoms with E-state index in [9.17, 15) is 0 Å². The largest absolute Gasteiger partial charge is 0.200 e. The van der Waals surface area contributed by atoms with Gasteiger partial charge in [0.1, 0.15) is 0 Å². The van der Waals surface area contributed by atoms with Crippen LogP contribution in [0, 0.1) is 0 Å². The molecule has 0 atom stereocenters. The van der Waals surface area contributed by atoms with Crippen molar-refractivity contribution in [1.29, 1.82) is 0 Å². The molecule has 1 nitrogen and oxygen atoms in total. The van der Waals surface area contributed by atoms with Gasteiger partial charge in [0, 0.05) is 11.8 Å². The predicted octanol–water partition coefficient (Wildman–Crippen LogP) is 3.46. The topological polar surface area (TPSA) is 12.9 Å². The highest BCUT2D eigenvalue weighted by molar-refractivity contribution is 7.07. The second-order valence-electron chi connectivity index (χ2n) is 1.55. The Bertz CT molecular complexity index is 203. The van der Waals surface area contributed by atoms with Crippen LogP contribution in [0.3, 0.4) is 0 Å². The number of hydrogen-bond acceptors (Lipinski definition) is 2. The molecule has 0 unspecified atom stereocenters. The SMILES string of the molecule is C=Cc1cnsc1C=C.CC. The van der Waals surface area contributed by atoms with E-state index in [0.29, 0.717) is 0 Å². The molecule has 1 aromatic rings. The van der Waals surface area contributed by atoms with Crippen LogP contribution in [0.15, 0.2) is 19.4 Å². The lowest BCUT2D eigenvalue weighted by atomic mass is 10.3. The van der Waals surface area contributed by atoms with Crippen LogP contribution >= 0.6 is 11.5 Å². The normalized spacial score (nSPS) is 7.82. The van der Waals surface area contributed by atoms with Gasteiger partial charge in [0.05, 0.1) is 4.88 Å². The summed E-state index contributed by atoms with van der Waals surface area (Å²) in [5.74, 6) is 0. The molecule has 0 spiro atoms. The van der Waals surface area contributed by atoms with Gasteiger partial charge in [0.15, 0.2) is 0 Å². The Balaban J connectivity index is 0.000000461. The molecule has 0 N–H and O–H groups in total. The fourth-order valence-corrected chi connectivity index (χ4v) is 1.16. The van der Waals surface area contributed by atoms with Crippen molar-refractivity contribution < 1.29 is 0 Å². The number of rotatable bonds is 2. The van der Waals surface area contributed by atoms with Gasteiger partial charge >= 0.3 is 0 Å². The molecule has 0 radical (unpaired) electrons. The molecule has 0 bridgehead atoms. The molecule has 60 valence electrons. The van der Waals surface area contributed by atoms with Crippen molar-refractivity contribution in [2.45, 2.75) is 13.8 Å². The summed E-state index contributed by atoms with van der Waals surface area (Å²) in [4.78, 5) is 1.09. The van der Waals surface area contributed by atoms with Crippen molar-refractivity contribution in [2.24, 2.45) is 0 Å². The van der Waals surface area contributed by atoms with Crippen LogP contribution in [0.25, 0.3) is 12.2 Å². The standard InChI is InChI=1S/C7H7NS.C2H6/c1-3-6-5-8-9-7(6)4-2;1-2/h3-5H,1-2H2;1-2H3. The molecular formula is C9H13NS. The third kappa shape index (κ3) is 2.68. The van der Waals surface area contributed by atoms with Crippen LogP contribution in [-0.4, -0.2) is 4.37 Å². The van der Waals surface area contributed by atoms with E-state index in [4.69, 9.17) is 0 Å². The zero-order valence-electron chi connectivity index (χ0n) is 7.00. The number of aromatic nitrogens is 1. The monoisotopic (exact) mass is 167 g/mol. The molecule has 2 heteroatoms. The summed E-state index contributed by atoms with van der Waals surface area (Å²) >= 11 is 1.43. The van der Waals surface area contributed by atoms with E-state index >= 15 is 0 Å². The summed E-state index contributed by atoms with van der Waals surface area (Å²) in [5.41, 5.74) is 1.06. The van der Waals surface area contributed by atoms with Crippen LogP contribution in [0.4, 0.5) is 0 Å². The van der Waals surface area contributed by atoms with Crippen molar-refractivity contribution >= 4 is 23.7 Å². The van der Waals surface area contributed by atoms with Crippen LogP contribution in [0.1, 0.15) is 24.3 Å². The molecule has 1 aromatic heterocycles. The summed E-state index contributed by atoms with van der Waals surface area (Å²) in [6, 6.07) is 0. The van der Waals surface area contributed by atoms with Gasteiger partial charge in [0.25, 0.3) is 0 Å². The first-order valence-electron chi connectivity index (χ1n) is 3.58. The Morgan fingerprint density at radius 3 is 2.36 bits per heavy atom. The zero-order chi connectivity index (χ0) is 8.69. The minimum absolute atomic E-state index is 1.06. The molecule has 11 heavy (non-hydrogen) atoms. The molecule has 0 aliphatic rings. The lowest BCUT2D eigenvalue weighted by Gasteiger charge is -1.82. The Labute approximate surface area is 72.2 Å². The first-order valence-corrected chi connectivity index (χ1v) is 4.35. The van der Waals surface area contributed by atoms with Crippen molar-refractivity contribution in [3.8, 4) is 0 Å². The molecular weight excluding hydrogens is 154 g/mol. The molecule has 0 aromatic carbocycles. The Kier molecular flexibility index (Phi) is 5.39. The first kappa shape index (κ1) is 10.1. The van der Waals surface area contributed by atoms with E-state index in [1.807, 2.05) is 13.8 Å². The van der Waals surface area contributed by atoms with Gasteiger partial charge < -0.3 is 0 Å². The fourth-order valence-electron chi connectivity index (χ4n) is 0.565. The number of nitrogens with zero attached hydrogens (tertiary/aromatic N) is 1. The lowest BCUT2D eigenvalue weighted by Crippen LogP contribution is -1.64. The summed E-state index contributed by atoms with van der Waals surface area (Å²) in [7, 11) is 0. The first-order chi connectivity index (χ1) is 5.38. The van der Waals surface area contributed by atoms with Crippen molar-refractivity contribution in [1.82, 2.24) is 4.37 Å². The van der Waals surface area contributed by atoms with Crippen LogP contribution < -0.4 is 0 Å². The summed E-state index contributed by atoms with van der Waals surface area (Å²) < 4.78 is 3.96. The van der Waals surface area contributed by atoms with Crippen LogP contribution in [0.2, 0.25) is 0 Å². The fraction of sp³-hybridized carbons (Fsp3) is 0.222. The minimum atomic E-state index is 1.06. The van der Waals surface area contributed by atoms with Gasteiger partial charge in [-0.1, -0.05) is 33.1 Å². The highest BCUT2D eigenvalue weighted by atomic mass is 32.1. The molecule has 0 aliphatic heterocycles. The Morgan fingerprint density at radius 1 is 1.36 bits per heavy atom. The Hall–Kier alpha value is -0.890. The van der Waals surface area contributed by atoms with Gasteiger partial charge in [-0.3, -0.25) is 0 Å². The third-order valence-corrected chi connectivity index (χ3v) is 1.84. The van der Waals surface area contributed by atoms with Gasteiger partial charge in [-0.15, -0.1) is 0 Å². The molecule has 0 fully saturated rings. The van der Waals surface area contributed by atoms with E-state index < -0.39 is 0 Å². The van der Waals surface area contributed by atoms with E-state index in [1.54, 1.807) is 18.3 Å². The second kappa shape index (κ2) is 5.86. The van der Waals surface area contributed by atoms with Crippen LogP contribution in [0.5, 0.6) is 0 Å². The average molecular weight is 167 g/mol. The average Bonchev–Trinajstić information content (AvgIpc) is 2.54. The maximum Gasteiger partial charge on any atom is 0.0543 e. The maximum absolute atomic E-state index is 3.96. The van der Waals surface area contributed by atoms with Gasteiger partial charge in [-0.25, -0.2) is 0 Å². The van der Waals surface area contributed by atoms with Crippen molar-refractivity contribution in [2.75, 3.05) is 0 Å². The van der Waals surface area contributed by atoms with E-state index in [-0.39, 0.29) is 0 Å². The van der Waals surface area contributed by atoms with Crippen LogP contribution in [-0.2, 0) is 0 Å². The highest BCUT2D eigenvalue weighted by Crippen LogP contribution is 2.14. The zero-order valence-corrected chi connectivity index (χ0v) is 7.82.